The van der Waals surface area contributed by atoms with Crippen molar-refractivity contribution >= 4 is 52.1 Å². The van der Waals surface area contributed by atoms with E-state index in [0.29, 0.717) is 38.1 Å². The molecule has 3 atom stereocenters. The number of para-hydroxylation sites is 1. The summed E-state index contributed by atoms with van der Waals surface area (Å²) in [6.07, 6.45) is 3.77. The maximum absolute atomic E-state index is 14.8. The molecule has 0 amide bonds. The first-order chi connectivity index (χ1) is 19.9. The molecule has 4 aromatic rings. The number of hydrogen-bond acceptors (Lipinski definition) is 7. The number of thiophene rings is 1. The zero-order valence-corrected chi connectivity index (χ0v) is 23.7. The summed E-state index contributed by atoms with van der Waals surface area (Å²) in [6, 6.07) is 19.7. The lowest BCUT2D eigenvalue weighted by Gasteiger charge is -2.37. The van der Waals surface area contributed by atoms with Crippen molar-refractivity contribution in [3.05, 3.63) is 116 Å². The van der Waals surface area contributed by atoms with E-state index in [1.165, 1.54) is 25.6 Å². The van der Waals surface area contributed by atoms with E-state index >= 15 is 0 Å². The van der Waals surface area contributed by atoms with Crippen LogP contribution in [-0.2, 0) is 0 Å². The predicted molar refractivity (Wildman–Crippen MR) is 159 cm³/mol. The predicted octanol–water partition coefficient (Wildman–Crippen LogP) is 6.74. The highest BCUT2D eigenvalue weighted by Gasteiger charge is 2.72. The molecule has 0 saturated carbocycles. The number of methoxy groups -OCH3 is 2. The molecular formula is C33H24ClNO5S. The van der Waals surface area contributed by atoms with Gasteiger partial charge in [0.2, 0.25) is 0 Å². The average molecular weight is 582 g/mol. The first-order valence-corrected chi connectivity index (χ1v) is 14.4. The number of Topliss-reactive ketones (excluding diaryl/α,β-unsaturated/α-hetero) is 3. The topological polar surface area (TPSA) is 72.9 Å². The first-order valence-electron chi connectivity index (χ1n) is 13.2. The van der Waals surface area contributed by atoms with Crippen molar-refractivity contribution < 1.29 is 23.9 Å². The van der Waals surface area contributed by atoms with Gasteiger partial charge in [-0.1, -0.05) is 66.2 Å². The van der Waals surface area contributed by atoms with Gasteiger partial charge in [0.25, 0.3) is 0 Å². The number of halogens is 1. The number of benzene rings is 3. The summed E-state index contributed by atoms with van der Waals surface area (Å²) in [7, 11) is 3.06. The van der Waals surface area contributed by atoms with Gasteiger partial charge in [0, 0.05) is 33.3 Å². The molecular weight excluding hydrogens is 558 g/mol. The molecule has 3 heterocycles. The summed E-state index contributed by atoms with van der Waals surface area (Å²) >= 11 is 7.70. The van der Waals surface area contributed by atoms with Crippen LogP contribution in [0.5, 0.6) is 11.5 Å². The Labute approximate surface area is 245 Å². The molecule has 1 spiro atoms. The van der Waals surface area contributed by atoms with Crippen LogP contribution in [0.25, 0.3) is 6.08 Å². The standard InChI is InChI=1S/C33H24ClNO5S/c1-39-24-10-5-9-22(30(24)40-2)27-28(29(36)25-11-6-16-41-25)35-23-14-13-19(34)17-18(23)12-15-26(35)33(27)31(37)20-7-3-4-8-21(20)32(33)38/h3-17,26-28H,1-2H3/t26-,27-,28+/m1/s1. The average Bonchev–Trinajstić information content (AvgIpc) is 3.70. The number of anilines is 1. The van der Waals surface area contributed by atoms with Gasteiger partial charge < -0.3 is 14.4 Å². The highest BCUT2D eigenvalue weighted by atomic mass is 35.5. The highest BCUT2D eigenvalue weighted by molar-refractivity contribution is 7.12. The maximum atomic E-state index is 14.8. The number of rotatable bonds is 5. The molecule has 204 valence electrons. The molecule has 8 heteroatoms. The van der Waals surface area contributed by atoms with E-state index in [4.69, 9.17) is 21.1 Å². The van der Waals surface area contributed by atoms with Gasteiger partial charge in [0.15, 0.2) is 28.8 Å². The Morgan fingerprint density at radius 3 is 2.34 bits per heavy atom. The molecule has 0 unspecified atom stereocenters. The van der Waals surface area contributed by atoms with Crippen molar-refractivity contribution in [2.75, 3.05) is 19.1 Å². The summed E-state index contributed by atoms with van der Waals surface area (Å²) in [4.78, 5) is 46.6. The Morgan fingerprint density at radius 2 is 1.68 bits per heavy atom. The van der Waals surface area contributed by atoms with Crippen LogP contribution in [0.3, 0.4) is 0 Å². The summed E-state index contributed by atoms with van der Waals surface area (Å²) in [5, 5.41) is 2.40. The van der Waals surface area contributed by atoms with Crippen molar-refractivity contribution in [3.8, 4) is 11.5 Å². The second-order valence-electron chi connectivity index (χ2n) is 10.3. The zero-order chi connectivity index (χ0) is 28.5. The molecule has 6 nitrogen and oxygen atoms in total. The van der Waals surface area contributed by atoms with E-state index in [1.807, 2.05) is 46.7 Å². The minimum Gasteiger partial charge on any atom is -0.493 e. The number of ether oxygens (including phenoxy) is 2. The van der Waals surface area contributed by atoms with Gasteiger partial charge in [-0.05, 0) is 41.3 Å². The smallest absolute Gasteiger partial charge is 0.195 e. The van der Waals surface area contributed by atoms with E-state index in [-0.39, 0.29) is 17.3 Å². The zero-order valence-electron chi connectivity index (χ0n) is 22.2. The SMILES string of the molecule is COc1cccc([C@@H]2[C@@H](C(=O)c3cccs3)N3c4ccc(Cl)cc4C=C[C@@H]3C23C(=O)c2ccccc2C3=O)c1OC. The van der Waals surface area contributed by atoms with Gasteiger partial charge in [-0.2, -0.15) is 0 Å². The van der Waals surface area contributed by atoms with E-state index in [9.17, 15) is 14.4 Å². The Balaban J connectivity index is 1.59. The van der Waals surface area contributed by atoms with Crippen molar-refractivity contribution in [2.24, 2.45) is 5.41 Å². The van der Waals surface area contributed by atoms with E-state index in [0.717, 1.165) is 11.3 Å². The second kappa shape index (κ2) is 9.43. The molecule has 1 aliphatic carbocycles. The van der Waals surface area contributed by atoms with Crippen molar-refractivity contribution in [1.29, 1.82) is 0 Å². The largest absolute Gasteiger partial charge is 0.493 e. The van der Waals surface area contributed by atoms with Crippen LogP contribution in [0.4, 0.5) is 5.69 Å². The number of fused-ring (bicyclic) bond motifs is 5. The highest BCUT2D eigenvalue weighted by Crippen LogP contribution is 2.62. The fraction of sp³-hybridized carbons (Fsp3) is 0.182. The van der Waals surface area contributed by atoms with Crippen LogP contribution in [0.1, 0.15) is 47.4 Å². The van der Waals surface area contributed by atoms with Crippen LogP contribution in [0.2, 0.25) is 5.02 Å². The molecule has 2 aliphatic heterocycles. The van der Waals surface area contributed by atoms with Crippen LogP contribution in [-0.4, -0.2) is 43.7 Å². The Morgan fingerprint density at radius 1 is 0.927 bits per heavy atom. The van der Waals surface area contributed by atoms with Crippen LogP contribution < -0.4 is 14.4 Å². The lowest BCUT2D eigenvalue weighted by atomic mass is 9.64. The number of ketones is 3. The molecule has 41 heavy (non-hydrogen) atoms. The summed E-state index contributed by atoms with van der Waals surface area (Å²) < 4.78 is 11.5. The summed E-state index contributed by atoms with van der Waals surface area (Å²) in [5.74, 6) is -0.834. The summed E-state index contributed by atoms with van der Waals surface area (Å²) in [5.41, 5.74) is 1.20. The lowest BCUT2D eigenvalue weighted by molar-refractivity contribution is 0.0664. The first kappa shape index (κ1) is 25.7. The Kier molecular flexibility index (Phi) is 5.92. The van der Waals surface area contributed by atoms with Crippen LogP contribution in [0, 0.1) is 5.41 Å². The normalized spacial score (nSPS) is 21.5. The third-order valence-corrected chi connectivity index (χ3v) is 9.69. The third kappa shape index (κ3) is 3.39. The molecule has 0 radical (unpaired) electrons. The van der Waals surface area contributed by atoms with Gasteiger partial charge in [-0.25, -0.2) is 0 Å². The molecule has 7 rings (SSSR count). The molecule has 1 aromatic heterocycles. The third-order valence-electron chi connectivity index (χ3n) is 8.57. The minimum absolute atomic E-state index is 0.176. The molecule has 1 saturated heterocycles. The molecule has 3 aliphatic rings. The molecule has 3 aromatic carbocycles. The number of nitrogens with zero attached hydrogens (tertiary/aromatic N) is 1. The van der Waals surface area contributed by atoms with E-state index < -0.39 is 23.4 Å². The van der Waals surface area contributed by atoms with E-state index in [2.05, 4.69) is 0 Å². The quantitative estimate of drug-likeness (QED) is 0.192. The Hall–Kier alpha value is -4.20. The second-order valence-corrected chi connectivity index (χ2v) is 11.7. The van der Waals surface area contributed by atoms with Crippen molar-refractivity contribution in [2.45, 2.75) is 18.0 Å². The fourth-order valence-corrected chi connectivity index (χ4v) is 7.89. The van der Waals surface area contributed by atoms with Crippen molar-refractivity contribution in [3.63, 3.8) is 0 Å². The van der Waals surface area contributed by atoms with Crippen LogP contribution >= 0.6 is 22.9 Å². The number of hydrogen-bond donors (Lipinski definition) is 0. The fourth-order valence-electron chi connectivity index (χ4n) is 7.01. The van der Waals surface area contributed by atoms with Crippen molar-refractivity contribution in [1.82, 2.24) is 0 Å². The molecule has 0 N–H and O–H groups in total. The summed E-state index contributed by atoms with van der Waals surface area (Å²) in [6.45, 7) is 0. The molecule has 1 fully saturated rings. The minimum atomic E-state index is -1.63. The van der Waals surface area contributed by atoms with E-state index in [1.54, 1.807) is 48.5 Å². The maximum Gasteiger partial charge on any atom is 0.195 e. The Bertz CT molecular complexity index is 1740. The lowest BCUT2D eigenvalue weighted by Crippen LogP contribution is -2.48. The van der Waals surface area contributed by atoms with Gasteiger partial charge in [0.1, 0.15) is 11.5 Å². The van der Waals surface area contributed by atoms with Gasteiger partial charge in [0.05, 0.1) is 25.1 Å². The van der Waals surface area contributed by atoms with Gasteiger partial charge in [-0.15, -0.1) is 11.3 Å². The molecule has 0 bridgehead atoms. The number of carbonyl (C=O) groups excluding carboxylic acids is 3. The van der Waals surface area contributed by atoms with Gasteiger partial charge in [-0.3, -0.25) is 14.4 Å². The van der Waals surface area contributed by atoms with Crippen LogP contribution in [0.15, 0.2) is 84.3 Å². The number of carbonyl (C=O) groups is 3. The van der Waals surface area contributed by atoms with Gasteiger partial charge >= 0.3 is 0 Å². The monoisotopic (exact) mass is 581 g/mol.